The number of anilines is 1. The van der Waals surface area contributed by atoms with Crippen LogP contribution in [0.1, 0.15) is 18.1 Å². The number of aryl methyl sites for hydroxylation is 1. The van der Waals surface area contributed by atoms with Crippen LogP contribution in [0.3, 0.4) is 0 Å². The van der Waals surface area contributed by atoms with Crippen molar-refractivity contribution in [3.63, 3.8) is 0 Å². The summed E-state index contributed by atoms with van der Waals surface area (Å²) in [4.78, 5) is 4.76. The van der Waals surface area contributed by atoms with E-state index >= 15 is 0 Å². The fourth-order valence-corrected chi connectivity index (χ4v) is 4.65. The molecule has 154 valence electrons. The van der Waals surface area contributed by atoms with Gasteiger partial charge in [-0.1, -0.05) is 17.7 Å². The Kier molecular flexibility index (Phi) is 6.11. The van der Waals surface area contributed by atoms with Gasteiger partial charge in [-0.3, -0.25) is 0 Å². The van der Waals surface area contributed by atoms with Crippen molar-refractivity contribution in [1.82, 2.24) is 4.98 Å². The monoisotopic (exact) mass is 438 g/mol. The first kappa shape index (κ1) is 20.5. The molecule has 1 N–H and O–H groups in total. The fourth-order valence-electron chi connectivity index (χ4n) is 3.27. The number of nitrogens with one attached hydrogen (secondary N) is 1. The molecule has 0 aliphatic rings. The molecule has 4 aromatic rings. The molecule has 0 saturated heterocycles. The predicted molar refractivity (Wildman–Crippen MR) is 126 cm³/mol. The number of rotatable bonds is 7. The molecule has 1 aromatic heterocycles. The third-order valence-electron chi connectivity index (χ3n) is 4.75. The Labute approximate surface area is 185 Å². The van der Waals surface area contributed by atoms with Crippen molar-refractivity contribution in [2.75, 3.05) is 19.0 Å². The number of hydrogen-bond acceptors (Lipinski definition) is 5. The van der Waals surface area contributed by atoms with Gasteiger partial charge in [0.15, 0.2) is 11.5 Å². The van der Waals surface area contributed by atoms with Gasteiger partial charge in [-0.25, -0.2) is 4.98 Å². The fraction of sp³-hybridized carbons (Fsp3) is 0.208. The van der Waals surface area contributed by atoms with Crippen LogP contribution in [-0.4, -0.2) is 18.7 Å². The van der Waals surface area contributed by atoms with Crippen molar-refractivity contribution in [2.45, 2.75) is 20.4 Å². The molecule has 0 atom stereocenters. The zero-order valence-corrected chi connectivity index (χ0v) is 18.7. The molecule has 3 aromatic carbocycles. The summed E-state index contributed by atoms with van der Waals surface area (Å²) in [5, 5.41) is 5.01. The first-order valence-electron chi connectivity index (χ1n) is 9.78. The topological polar surface area (TPSA) is 43.4 Å². The number of nitrogens with zero attached hydrogens (tertiary/aromatic N) is 1. The molecule has 30 heavy (non-hydrogen) atoms. The maximum Gasteiger partial charge on any atom is 0.179 e. The minimum atomic E-state index is 0.543. The molecule has 1 heterocycles. The highest BCUT2D eigenvalue weighted by Gasteiger charge is 2.12. The van der Waals surface area contributed by atoms with E-state index < -0.39 is 0 Å². The molecule has 0 aliphatic carbocycles. The van der Waals surface area contributed by atoms with E-state index in [1.54, 1.807) is 18.4 Å². The van der Waals surface area contributed by atoms with Gasteiger partial charge in [0.2, 0.25) is 0 Å². The first-order chi connectivity index (χ1) is 14.6. The molecule has 0 saturated carbocycles. The highest BCUT2D eigenvalue weighted by Crippen LogP contribution is 2.36. The van der Waals surface area contributed by atoms with E-state index in [0.29, 0.717) is 29.7 Å². The average molecular weight is 439 g/mol. The van der Waals surface area contributed by atoms with Crippen molar-refractivity contribution in [2.24, 2.45) is 0 Å². The largest absolute Gasteiger partial charge is 0.491 e. The predicted octanol–water partition coefficient (Wildman–Crippen LogP) is 6.94. The van der Waals surface area contributed by atoms with E-state index in [-0.39, 0.29) is 0 Å². The van der Waals surface area contributed by atoms with Gasteiger partial charge >= 0.3 is 0 Å². The first-order valence-corrected chi connectivity index (χ1v) is 11.0. The standard InChI is InChI=1S/C24H23ClN2O2S/c1-4-29-21-13-16(12-19(25)23(21)28-3)14-26-18-8-6-17(7-9-18)24-27-20-10-5-15(2)11-22(20)30-24/h5-13,26H,4,14H2,1-3H3. The zero-order chi connectivity index (χ0) is 21.1. The van der Waals surface area contributed by atoms with Crippen LogP contribution in [0.4, 0.5) is 5.69 Å². The molecular formula is C24H23ClN2O2S. The summed E-state index contributed by atoms with van der Waals surface area (Å²) in [6.07, 6.45) is 0. The molecule has 0 amide bonds. The lowest BCUT2D eigenvalue weighted by Crippen LogP contribution is -2.02. The number of aromatic nitrogens is 1. The van der Waals surface area contributed by atoms with Gasteiger partial charge < -0.3 is 14.8 Å². The maximum atomic E-state index is 6.35. The van der Waals surface area contributed by atoms with Crippen molar-refractivity contribution < 1.29 is 9.47 Å². The Morgan fingerprint density at radius 2 is 1.87 bits per heavy atom. The minimum Gasteiger partial charge on any atom is -0.491 e. The van der Waals surface area contributed by atoms with Crippen LogP contribution < -0.4 is 14.8 Å². The van der Waals surface area contributed by atoms with Gasteiger partial charge in [0.05, 0.1) is 29.0 Å². The van der Waals surface area contributed by atoms with E-state index in [1.807, 2.05) is 19.1 Å². The number of methoxy groups -OCH3 is 1. The van der Waals surface area contributed by atoms with Crippen molar-refractivity contribution in [3.05, 3.63) is 70.7 Å². The number of hydrogen-bond donors (Lipinski definition) is 1. The lowest BCUT2D eigenvalue weighted by molar-refractivity contribution is 0.310. The summed E-state index contributed by atoms with van der Waals surface area (Å²) < 4.78 is 12.2. The molecule has 4 rings (SSSR count). The van der Waals surface area contributed by atoms with E-state index in [2.05, 4.69) is 54.7 Å². The molecule has 0 fully saturated rings. The Balaban J connectivity index is 1.48. The van der Waals surface area contributed by atoms with Crippen molar-refractivity contribution in [1.29, 1.82) is 0 Å². The third kappa shape index (κ3) is 4.37. The van der Waals surface area contributed by atoms with E-state index in [1.165, 1.54) is 10.3 Å². The second kappa shape index (κ2) is 8.94. The van der Waals surface area contributed by atoms with E-state index in [4.69, 9.17) is 26.1 Å². The quantitative estimate of drug-likeness (QED) is 0.339. The number of ether oxygens (including phenoxy) is 2. The van der Waals surface area contributed by atoms with Gasteiger partial charge in [-0.05, 0) is 73.5 Å². The van der Waals surface area contributed by atoms with Crippen LogP contribution in [0.5, 0.6) is 11.5 Å². The summed E-state index contributed by atoms with van der Waals surface area (Å²) in [6.45, 7) is 5.22. The average Bonchev–Trinajstić information content (AvgIpc) is 3.16. The van der Waals surface area contributed by atoms with Crippen LogP contribution in [-0.2, 0) is 6.54 Å². The number of halogens is 1. The van der Waals surface area contributed by atoms with Gasteiger partial charge in [0, 0.05) is 17.8 Å². The summed E-state index contributed by atoms with van der Waals surface area (Å²) in [6, 6.07) is 18.6. The summed E-state index contributed by atoms with van der Waals surface area (Å²) >= 11 is 8.07. The lowest BCUT2D eigenvalue weighted by atomic mass is 10.1. The van der Waals surface area contributed by atoms with Gasteiger partial charge in [-0.2, -0.15) is 0 Å². The zero-order valence-electron chi connectivity index (χ0n) is 17.2. The van der Waals surface area contributed by atoms with E-state index in [0.717, 1.165) is 27.3 Å². The highest BCUT2D eigenvalue weighted by molar-refractivity contribution is 7.21. The molecule has 6 heteroatoms. The number of thiazole rings is 1. The van der Waals surface area contributed by atoms with Crippen LogP contribution in [0.2, 0.25) is 5.02 Å². The summed E-state index contributed by atoms with van der Waals surface area (Å²) in [7, 11) is 1.59. The van der Waals surface area contributed by atoms with Crippen LogP contribution >= 0.6 is 22.9 Å². The minimum absolute atomic E-state index is 0.543. The molecular weight excluding hydrogens is 416 g/mol. The SMILES string of the molecule is CCOc1cc(CNc2ccc(-c3nc4ccc(C)cc4s3)cc2)cc(Cl)c1OC. The number of benzene rings is 3. The Morgan fingerprint density at radius 1 is 1.07 bits per heavy atom. The van der Waals surface area contributed by atoms with Gasteiger partial charge in [-0.15, -0.1) is 11.3 Å². The second-order valence-electron chi connectivity index (χ2n) is 6.96. The molecule has 0 unspecified atom stereocenters. The number of fused-ring (bicyclic) bond motifs is 1. The third-order valence-corrected chi connectivity index (χ3v) is 6.09. The molecule has 0 radical (unpaired) electrons. The van der Waals surface area contributed by atoms with Gasteiger partial charge in [0.1, 0.15) is 5.01 Å². The normalized spacial score (nSPS) is 10.9. The molecule has 4 nitrogen and oxygen atoms in total. The molecule has 0 spiro atoms. The van der Waals surface area contributed by atoms with E-state index in [9.17, 15) is 0 Å². The second-order valence-corrected chi connectivity index (χ2v) is 8.40. The highest BCUT2D eigenvalue weighted by atomic mass is 35.5. The Bertz CT molecular complexity index is 1170. The molecule has 0 aliphatic heterocycles. The van der Waals surface area contributed by atoms with Crippen molar-refractivity contribution >= 4 is 38.8 Å². The Hall–Kier alpha value is -2.76. The Morgan fingerprint density at radius 3 is 2.60 bits per heavy atom. The smallest absolute Gasteiger partial charge is 0.179 e. The molecule has 0 bridgehead atoms. The van der Waals surface area contributed by atoms with Crippen LogP contribution in [0, 0.1) is 6.92 Å². The maximum absolute atomic E-state index is 6.35. The van der Waals surface area contributed by atoms with Crippen LogP contribution in [0.25, 0.3) is 20.8 Å². The van der Waals surface area contributed by atoms with Crippen molar-refractivity contribution in [3.8, 4) is 22.1 Å². The lowest BCUT2D eigenvalue weighted by Gasteiger charge is -2.14. The summed E-state index contributed by atoms with van der Waals surface area (Å²) in [5.74, 6) is 1.23. The van der Waals surface area contributed by atoms with Gasteiger partial charge in [0.25, 0.3) is 0 Å². The summed E-state index contributed by atoms with van der Waals surface area (Å²) in [5.41, 5.74) is 5.47. The van der Waals surface area contributed by atoms with Crippen LogP contribution in [0.15, 0.2) is 54.6 Å².